The highest BCUT2D eigenvalue weighted by atomic mass is 15.2. The Bertz CT molecular complexity index is 4060. The molecule has 2 fully saturated rings. The van der Waals surface area contributed by atoms with Crippen molar-refractivity contribution >= 4 is 57.2 Å². The van der Waals surface area contributed by atoms with Crippen LogP contribution in [0.25, 0.3) is 78.1 Å². The third kappa shape index (κ3) is 10.1. The largest absolute Gasteiger partial charge is 0.311 e. The average molecular weight is 1120 g/mol. The molecular formula is C83H68BN3. The van der Waals surface area contributed by atoms with Crippen LogP contribution in [0.2, 0.25) is 0 Å². The van der Waals surface area contributed by atoms with Crippen LogP contribution >= 0.6 is 0 Å². The number of fused-ring (bicyclic) bond motifs is 4. The molecule has 2 aliphatic heterocycles. The fraction of sp³-hybridized carbons (Fsp3) is 0.145. The lowest BCUT2D eigenvalue weighted by Crippen LogP contribution is -2.61. The van der Waals surface area contributed by atoms with Crippen molar-refractivity contribution in [3.63, 3.8) is 0 Å². The van der Waals surface area contributed by atoms with Gasteiger partial charge in [0.2, 0.25) is 0 Å². The van der Waals surface area contributed by atoms with Crippen LogP contribution < -0.4 is 26.2 Å². The molecule has 2 aliphatic carbocycles. The summed E-state index contributed by atoms with van der Waals surface area (Å²) in [5.41, 5.74) is 29.9. The van der Waals surface area contributed by atoms with Crippen LogP contribution in [-0.4, -0.2) is 11.7 Å². The predicted octanol–water partition coefficient (Wildman–Crippen LogP) is 20.9. The van der Waals surface area contributed by atoms with Gasteiger partial charge in [0.1, 0.15) is 0 Å². The maximum atomic E-state index is 5.75. The molecule has 4 aliphatic rings. The zero-order valence-electron chi connectivity index (χ0n) is 49.2. The molecule has 3 nitrogen and oxygen atoms in total. The van der Waals surface area contributed by atoms with Crippen LogP contribution in [-0.2, 0) is 0 Å². The van der Waals surface area contributed by atoms with Crippen molar-refractivity contribution in [2.45, 2.75) is 76.0 Å². The molecule has 3 heterocycles. The first-order chi connectivity index (χ1) is 43.1. The fourth-order valence-corrected chi connectivity index (χ4v) is 15.0. The van der Waals surface area contributed by atoms with Crippen molar-refractivity contribution in [1.82, 2.24) is 4.98 Å². The van der Waals surface area contributed by atoms with E-state index in [1.165, 1.54) is 159 Å². The molecule has 0 saturated heterocycles. The molecule has 2 saturated carbocycles. The summed E-state index contributed by atoms with van der Waals surface area (Å²) in [6, 6.07) is 105. The summed E-state index contributed by atoms with van der Waals surface area (Å²) in [4.78, 5) is 11.1. The standard InChI is InChI=1S/C83H68BN3/c1-9-25-57(26-10-1)65-41-43-79-75(51-65)84-76-52-66(58-27-11-2-12-28-58)42-44-80(76)87(74-49-69(61-33-17-5-18-34-61)46-70(50-74)62-35-19-6-20-36-62)82-56-72(78-54-71(63-37-21-7-22-38-63)53-77(85-78)64-39-23-8-24-40-64)55-81(83(82)84)86(79)73-47-67(59-29-13-3-14-30-59)45-68(48-73)60-31-15-4-16-32-60/h3-8,13-24,29-58H,1-2,9-12,25-28H2. The Morgan fingerprint density at radius 1 is 0.264 bits per heavy atom. The van der Waals surface area contributed by atoms with Crippen LogP contribution in [0.3, 0.4) is 0 Å². The second-order valence-corrected chi connectivity index (χ2v) is 24.7. The molecule has 0 bridgehead atoms. The molecule has 0 spiro atoms. The number of rotatable bonds is 11. The van der Waals surface area contributed by atoms with Gasteiger partial charge >= 0.3 is 0 Å². The molecule has 0 N–H and O–H groups in total. The first kappa shape index (κ1) is 52.8. The number of nitrogens with zero attached hydrogens (tertiary/aromatic N) is 3. The van der Waals surface area contributed by atoms with Crippen molar-refractivity contribution in [3.8, 4) is 78.1 Å². The van der Waals surface area contributed by atoms with Crippen molar-refractivity contribution < 1.29 is 0 Å². The number of hydrogen-bond donors (Lipinski definition) is 0. The van der Waals surface area contributed by atoms with Gasteiger partial charge in [0.05, 0.1) is 11.4 Å². The van der Waals surface area contributed by atoms with E-state index in [0.29, 0.717) is 11.8 Å². The lowest BCUT2D eigenvalue weighted by molar-refractivity contribution is 0.444. The first-order valence-corrected chi connectivity index (χ1v) is 31.8. The molecule has 12 aromatic rings. The molecule has 11 aromatic carbocycles. The highest BCUT2D eigenvalue weighted by Crippen LogP contribution is 2.50. The van der Waals surface area contributed by atoms with E-state index < -0.39 is 0 Å². The minimum Gasteiger partial charge on any atom is -0.311 e. The van der Waals surface area contributed by atoms with Gasteiger partial charge in [-0.2, -0.15) is 0 Å². The molecular weight excluding hydrogens is 1050 g/mol. The van der Waals surface area contributed by atoms with Crippen LogP contribution in [0.15, 0.2) is 279 Å². The SMILES string of the molecule is c1ccc(-c2cc(-c3ccccc3)cc(N3c4ccc(C5CCCCC5)cc4B4c5cc(C6CCCCC6)ccc5N(c5cc(-c6ccccc6)cc(-c6ccccc6)c5)c5cc(-c6cc(-c7ccccc7)cc(-c7ccccc7)n6)cc3c54)c2)cc1. The Labute approximate surface area is 513 Å². The molecule has 16 rings (SSSR count). The van der Waals surface area contributed by atoms with Crippen LogP contribution in [0.1, 0.15) is 87.2 Å². The number of aromatic nitrogens is 1. The molecule has 87 heavy (non-hydrogen) atoms. The lowest BCUT2D eigenvalue weighted by Gasteiger charge is -2.45. The Balaban J connectivity index is 1.04. The Morgan fingerprint density at radius 2 is 0.586 bits per heavy atom. The van der Waals surface area contributed by atoms with Crippen LogP contribution in [0, 0.1) is 0 Å². The van der Waals surface area contributed by atoms with Crippen LogP contribution in [0.5, 0.6) is 0 Å². The van der Waals surface area contributed by atoms with E-state index in [1.807, 2.05) is 0 Å². The van der Waals surface area contributed by atoms with Crippen molar-refractivity contribution in [2.24, 2.45) is 0 Å². The monoisotopic (exact) mass is 1120 g/mol. The summed E-state index contributed by atoms with van der Waals surface area (Å²) in [5, 5.41) is 0. The third-order valence-corrected chi connectivity index (χ3v) is 19.3. The predicted molar refractivity (Wildman–Crippen MR) is 368 cm³/mol. The molecule has 0 radical (unpaired) electrons. The number of anilines is 6. The van der Waals surface area contributed by atoms with E-state index in [2.05, 4.69) is 289 Å². The van der Waals surface area contributed by atoms with Gasteiger partial charge in [-0.25, -0.2) is 4.98 Å². The minimum absolute atomic E-state index is 0.0612. The van der Waals surface area contributed by atoms with Gasteiger partial charge in [-0.15, -0.1) is 0 Å². The topological polar surface area (TPSA) is 19.4 Å². The van der Waals surface area contributed by atoms with Gasteiger partial charge in [0.15, 0.2) is 0 Å². The van der Waals surface area contributed by atoms with E-state index in [4.69, 9.17) is 4.98 Å². The normalized spacial score (nSPS) is 14.7. The number of hydrogen-bond acceptors (Lipinski definition) is 3. The Kier molecular flexibility index (Phi) is 13.9. The van der Waals surface area contributed by atoms with Gasteiger partial charge in [-0.1, -0.05) is 245 Å². The molecule has 418 valence electrons. The smallest absolute Gasteiger partial charge is 0.252 e. The first-order valence-electron chi connectivity index (χ1n) is 31.8. The van der Waals surface area contributed by atoms with Gasteiger partial charge in [-0.05, 0) is 193 Å². The highest BCUT2D eigenvalue weighted by molar-refractivity contribution is 7.00. The third-order valence-electron chi connectivity index (χ3n) is 19.3. The lowest BCUT2D eigenvalue weighted by atomic mass is 9.33. The number of benzene rings is 11. The Hall–Kier alpha value is -9.77. The van der Waals surface area contributed by atoms with E-state index in [9.17, 15) is 0 Å². The molecule has 1 aromatic heterocycles. The van der Waals surface area contributed by atoms with E-state index >= 15 is 0 Å². The molecule has 0 amide bonds. The quantitative estimate of drug-likeness (QED) is 0.120. The minimum atomic E-state index is -0.0612. The zero-order valence-corrected chi connectivity index (χ0v) is 49.2. The maximum absolute atomic E-state index is 5.75. The highest BCUT2D eigenvalue weighted by Gasteiger charge is 2.45. The summed E-state index contributed by atoms with van der Waals surface area (Å²) in [6.07, 6.45) is 12.7. The summed E-state index contributed by atoms with van der Waals surface area (Å²) in [5.74, 6) is 1.05. The maximum Gasteiger partial charge on any atom is 0.252 e. The average Bonchev–Trinajstić information content (AvgIpc) is 0.729. The van der Waals surface area contributed by atoms with E-state index in [0.717, 1.165) is 45.0 Å². The molecule has 4 heteroatoms. The summed E-state index contributed by atoms with van der Waals surface area (Å²) in [7, 11) is 0. The fourth-order valence-electron chi connectivity index (χ4n) is 15.0. The van der Waals surface area contributed by atoms with Crippen LogP contribution in [0.4, 0.5) is 34.1 Å². The zero-order chi connectivity index (χ0) is 57.6. The summed E-state index contributed by atoms with van der Waals surface area (Å²) in [6.45, 7) is -0.0612. The van der Waals surface area contributed by atoms with E-state index in [1.54, 1.807) is 0 Å². The van der Waals surface area contributed by atoms with Gasteiger partial charge in [0.25, 0.3) is 6.71 Å². The second kappa shape index (κ2) is 22.9. The van der Waals surface area contributed by atoms with Gasteiger partial charge < -0.3 is 9.80 Å². The second-order valence-electron chi connectivity index (χ2n) is 24.7. The van der Waals surface area contributed by atoms with E-state index in [-0.39, 0.29) is 6.71 Å². The number of pyridine rings is 1. The van der Waals surface area contributed by atoms with Crippen molar-refractivity contribution in [3.05, 3.63) is 290 Å². The molecule has 0 unspecified atom stereocenters. The Morgan fingerprint density at radius 3 is 0.943 bits per heavy atom. The van der Waals surface area contributed by atoms with Crippen molar-refractivity contribution in [1.29, 1.82) is 0 Å². The molecule has 0 atom stereocenters. The van der Waals surface area contributed by atoms with Gasteiger partial charge in [0, 0.05) is 45.3 Å². The summed E-state index contributed by atoms with van der Waals surface area (Å²) >= 11 is 0. The van der Waals surface area contributed by atoms with Gasteiger partial charge in [-0.3, -0.25) is 0 Å². The summed E-state index contributed by atoms with van der Waals surface area (Å²) < 4.78 is 0. The van der Waals surface area contributed by atoms with Crippen molar-refractivity contribution in [2.75, 3.05) is 9.80 Å².